The number of hydrogen-bond acceptors (Lipinski definition) is 7. The molecule has 3 aromatic heterocycles. The van der Waals surface area contributed by atoms with Gasteiger partial charge in [0.1, 0.15) is 18.0 Å². The predicted octanol–water partition coefficient (Wildman–Crippen LogP) is 1.68. The maximum Gasteiger partial charge on any atom is 0.203 e. The maximum atomic E-state index is 4.61. The van der Waals surface area contributed by atoms with E-state index in [1.807, 2.05) is 16.8 Å². The Morgan fingerprint density at radius 1 is 1.11 bits per heavy atom. The molecular formula is C19H24N8. The summed E-state index contributed by atoms with van der Waals surface area (Å²) < 4.78 is 2.04. The fourth-order valence-electron chi connectivity index (χ4n) is 4.18. The fourth-order valence-corrected chi connectivity index (χ4v) is 4.18. The van der Waals surface area contributed by atoms with E-state index in [2.05, 4.69) is 48.9 Å². The topological polar surface area (TPSA) is 75.3 Å². The lowest BCUT2D eigenvalue weighted by atomic mass is 9.95. The van der Waals surface area contributed by atoms with E-state index < -0.39 is 0 Å². The van der Waals surface area contributed by atoms with Gasteiger partial charge < -0.3 is 9.80 Å². The molecule has 3 aromatic rings. The summed E-state index contributed by atoms with van der Waals surface area (Å²) in [6, 6.07) is 0.418. The average molecular weight is 364 g/mol. The highest BCUT2D eigenvalue weighted by atomic mass is 15.4. The van der Waals surface area contributed by atoms with Crippen molar-refractivity contribution in [1.29, 1.82) is 0 Å². The minimum atomic E-state index is 0.418. The molecule has 0 radical (unpaired) electrons. The standard InChI is InChI=1S/C19H24N8/c1-3-16-23-24-19-18(20-8-9-27(16)19)26-10-13(11-26)25(2)17-14-6-4-5-7-15(14)21-12-22-17/h8-9,12-13H,3-7,10-11H2,1-2H3. The lowest BCUT2D eigenvalue weighted by molar-refractivity contribution is 0.487. The second kappa shape index (κ2) is 6.44. The van der Waals surface area contributed by atoms with E-state index in [1.54, 1.807) is 6.33 Å². The Morgan fingerprint density at radius 2 is 1.96 bits per heavy atom. The smallest absolute Gasteiger partial charge is 0.203 e. The summed E-state index contributed by atoms with van der Waals surface area (Å²) >= 11 is 0. The first-order valence-corrected chi connectivity index (χ1v) is 9.75. The summed E-state index contributed by atoms with van der Waals surface area (Å²) in [5.74, 6) is 2.99. The number of anilines is 2. The highest BCUT2D eigenvalue weighted by molar-refractivity contribution is 5.66. The van der Waals surface area contributed by atoms with E-state index in [4.69, 9.17) is 0 Å². The molecule has 0 saturated carbocycles. The van der Waals surface area contributed by atoms with Crippen LogP contribution in [0.3, 0.4) is 0 Å². The van der Waals surface area contributed by atoms with Crippen molar-refractivity contribution >= 4 is 17.3 Å². The number of aryl methyl sites for hydroxylation is 2. The van der Waals surface area contributed by atoms with E-state index in [0.29, 0.717) is 6.04 Å². The van der Waals surface area contributed by atoms with Crippen LogP contribution in [0.25, 0.3) is 5.65 Å². The van der Waals surface area contributed by atoms with Gasteiger partial charge in [0.2, 0.25) is 5.65 Å². The fraction of sp³-hybridized carbons (Fsp3) is 0.526. The van der Waals surface area contributed by atoms with Crippen LogP contribution in [0, 0.1) is 0 Å². The summed E-state index contributed by atoms with van der Waals surface area (Å²) in [6.07, 6.45) is 11.0. The molecule has 8 nitrogen and oxygen atoms in total. The van der Waals surface area contributed by atoms with E-state index >= 15 is 0 Å². The molecule has 0 N–H and O–H groups in total. The van der Waals surface area contributed by atoms with Gasteiger partial charge in [0.05, 0.1) is 6.04 Å². The third-order valence-corrected chi connectivity index (χ3v) is 5.84. The lowest BCUT2D eigenvalue weighted by Crippen LogP contribution is -2.59. The van der Waals surface area contributed by atoms with Crippen LogP contribution in [0.5, 0.6) is 0 Å². The Kier molecular flexibility index (Phi) is 3.91. The number of fused-ring (bicyclic) bond motifs is 2. The van der Waals surface area contributed by atoms with Crippen LogP contribution in [-0.2, 0) is 19.3 Å². The SMILES string of the molecule is CCc1nnc2c(N3CC(N(C)c4ncnc5c4CCCC5)C3)nccn12. The second-order valence-corrected chi connectivity index (χ2v) is 7.41. The molecule has 8 heteroatoms. The number of rotatable bonds is 4. The van der Waals surface area contributed by atoms with Crippen LogP contribution in [0.15, 0.2) is 18.7 Å². The van der Waals surface area contributed by atoms with Crippen LogP contribution in [-0.4, -0.2) is 55.7 Å². The average Bonchev–Trinajstić information content (AvgIpc) is 3.10. The lowest BCUT2D eigenvalue weighted by Gasteiger charge is -2.45. The van der Waals surface area contributed by atoms with E-state index in [-0.39, 0.29) is 0 Å². The summed E-state index contributed by atoms with van der Waals surface area (Å²) in [6.45, 7) is 3.92. The largest absolute Gasteiger partial charge is 0.353 e. The molecule has 0 spiro atoms. The van der Waals surface area contributed by atoms with Gasteiger partial charge in [-0.15, -0.1) is 10.2 Å². The zero-order valence-corrected chi connectivity index (χ0v) is 15.8. The van der Waals surface area contributed by atoms with Crippen molar-refractivity contribution in [3.8, 4) is 0 Å². The third-order valence-electron chi connectivity index (χ3n) is 5.84. The maximum absolute atomic E-state index is 4.61. The molecule has 0 aromatic carbocycles. The van der Waals surface area contributed by atoms with E-state index in [0.717, 1.165) is 55.5 Å². The van der Waals surface area contributed by atoms with Gasteiger partial charge in [0.25, 0.3) is 0 Å². The van der Waals surface area contributed by atoms with Gasteiger partial charge >= 0.3 is 0 Å². The number of aromatic nitrogens is 6. The van der Waals surface area contributed by atoms with Crippen molar-refractivity contribution in [2.45, 2.75) is 45.1 Å². The highest BCUT2D eigenvalue weighted by Crippen LogP contribution is 2.31. The van der Waals surface area contributed by atoms with Crippen molar-refractivity contribution in [2.24, 2.45) is 0 Å². The summed E-state index contributed by atoms with van der Waals surface area (Å²) in [7, 11) is 2.15. The predicted molar refractivity (Wildman–Crippen MR) is 103 cm³/mol. The molecule has 140 valence electrons. The Hall–Kier alpha value is -2.77. The summed E-state index contributed by atoms with van der Waals surface area (Å²) in [5, 5.41) is 8.64. The molecule has 0 bridgehead atoms. The minimum Gasteiger partial charge on any atom is -0.353 e. The second-order valence-electron chi connectivity index (χ2n) is 7.41. The molecular weight excluding hydrogens is 340 g/mol. The Bertz CT molecular complexity index is 975. The molecule has 1 saturated heterocycles. The van der Waals surface area contributed by atoms with Gasteiger partial charge in [-0.25, -0.2) is 15.0 Å². The Morgan fingerprint density at radius 3 is 2.81 bits per heavy atom. The van der Waals surface area contributed by atoms with Gasteiger partial charge in [-0.05, 0) is 25.7 Å². The quantitative estimate of drug-likeness (QED) is 0.697. The van der Waals surface area contributed by atoms with Crippen molar-refractivity contribution in [3.63, 3.8) is 0 Å². The van der Waals surface area contributed by atoms with Crippen LogP contribution in [0.2, 0.25) is 0 Å². The van der Waals surface area contributed by atoms with E-state index in [9.17, 15) is 0 Å². The third kappa shape index (κ3) is 2.62. The number of nitrogens with zero attached hydrogens (tertiary/aromatic N) is 8. The summed E-state index contributed by atoms with van der Waals surface area (Å²) in [5.41, 5.74) is 3.42. The Labute approximate surface area is 158 Å². The molecule has 2 aliphatic rings. The molecule has 0 atom stereocenters. The number of likely N-dealkylation sites (N-methyl/N-ethyl adjacent to an activating group) is 1. The molecule has 5 rings (SSSR count). The minimum absolute atomic E-state index is 0.418. The molecule has 4 heterocycles. The molecule has 0 amide bonds. The van der Waals surface area contributed by atoms with Gasteiger partial charge in [0, 0.05) is 50.2 Å². The summed E-state index contributed by atoms with van der Waals surface area (Å²) in [4.78, 5) is 18.3. The van der Waals surface area contributed by atoms with E-state index in [1.165, 1.54) is 24.1 Å². The Balaban J connectivity index is 1.36. The highest BCUT2D eigenvalue weighted by Gasteiger charge is 2.34. The monoisotopic (exact) mass is 364 g/mol. The molecule has 27 heavy (non-hydrogen) atoms. The molecule has 0 unspecified atom stereocenters. The first kappa shape index (κ1) is 16.4. The van der Waals surface area contributed by atoms with Crippen molar-refractivity contribution in [3.05, 3.63) is 35.8 Å². The van der Waals surface area contributed by atoms with Gasteiger partial charge in [0.15, 0.2) is 5.82 Å². The van der Waals surface area contributed by atoms with Crippen LogP contribution in [0.1, 0.15) is 36.8 Å². The zero-order valence-electron chi connectivity index (χ0n) is 15.8. The van der Waals surface area contributed by atoms with Crippen molar-refractivity contribution in [1.82, 2.24) is 29.5 Å². The van der Waals surface area contributed by atoms with Crippen LogP contribution in [0.4, 0.5) is 11.6 Å². The molecule has 1 fully saturated rings. The first-order chi connectivity index (χ1) is 13.3. The number of hydrogen-bond donors (Lipinski definition) is 0. The van der Waals surface area contributed by atoms with Gasteiger partial charge in [-0.3, -0.25) is 4.40 Å². The molecule has 1 aliphatic carbocycles. The van der Waals surface area contributed by atoms with Crippen LogP contribution >= 0.6 is 0 Å². The first-order valence-electron chi connectivity index (χ1n) is 9.75. The molecule has 1 aliphatic heterocycles. The zero-order chi connectivity index (χ0) is 18.4. The van der Waals surface area contributed by atoms with Crippen molar-refractivity contribution in [2.75, 3.05) is 29.9 Å². The van der Waals surface area contributed by atoms with Gasteiger partial charge in [-0.1, -0.05) is 6.92 Å². The van der Waals surface area contributed by atoms with Gasteiger partial charge in [-0.2, -0.15) is 0 Å². The van der Waals surface area contributed by atoms with Crippen molar-refractivity contribution < 1.29 is 0 Å². The van der Waals surface area contributed by atoms with Crippen LogP contribution < -0.4 is 9.80 Å². The normalized spacial score (nSPS) is 17.0.